The Kier molecular flexibility index (Phi) is 5.86. The van der Waals surface area contributed by atoms with Gasteiger partial charge in [0, 0.05) is 29.9 Å². The summed E-state index contributed by atoms with van der Waals surface area (Å²) in [4.78, 5) is 2.19. The van der Waals surface area contributed by atoms with Crippen molar-refractivity contribution in [2.24, 2.45) is 0 Å². The van der Waals surface area contributed by atoms with Crippen LogP contribution in [-0.4, -0.2) is 26.8 Å². The first kappa shape index (κ1) is 17.4. The van der Waals surface area contributed by atoms with Crippen LogP contribution in [0, 0.1) is 0 Å². The minimum Gasteiger partial charge on any atom is -0.315 e. The number of nitrogens with zero attached hydrogens (tertiary/aromatic N) is 1. The molecular weight excluding hydrogens is 416 g/mol. The lowest BCUT2D eigenvalue weighted by Crippen LogP contribution is -2.26. The zero-order valence-corrected chi connectivity index (χ0v) is 16.2. The molecule has 0 atom stereocenters. The molecule has 0 radical (unpaired) electrons. The van der Waals surface area contributed by atoms with Crippen molar-refractivity contribution in [2.75, 3.05) is 14.1 Å². The molecule has 1 N–H and O–H groups in total. The van der Waals surface area contributed by atoms with Crippen LogP contribution in [0.25, 0.3) is 0 Å². The highest BCUT2D eigenvalue weighted by molar-refractivity contribution is 9.11. The lowest BCUT2D eigenvalue weighted by Gasteiger charge is -2.15. The topological polar surface area (TPSA) is 49.4 Å². The van der Waals surface area contributed by atoms with E-state index in [1.54, 1.807) is 19.2 Å². The summed E-state index contributed by atoms with van der Waals surface area (Å²) in [5, 5.41) is 3.02. The van der Waals surface area contributed by atoms with Gasteiger partial charge in [-0.15, -0.1) is 22.7 Å². The Balaban J connectivity index is 2.24. The Bertz CT molecular complexity index is 727. The van der Waals surface area contributed by atoms with E-state index in [1.165, 1.54) is 27.0 Å². The normalized spacial score (nSPS) is 12.2. The Hall–Kier alpha value is 0.0400. The van der Waals surface area contributed by atoms with Gasteiger partial charge in [-0.25, -0.2) is 8.42 Å². The number of hydrogen-bond acceptors (Lipinski definition) is 5. The Morgan fingerprint density at radius 1 is 1.33 bits per heavy atom. The highest BCUT2D eigenvalue weighted by Gasteiger charge is 2.26. The molecule has 21 heavy (non-hydrogen) atoms. The van der Waals surface area contributed by atoms with Crippen molar-refractivity contribution in [2.45, 2.75) is 18.0 Å². The van der Waals surface area contributed by atoms with E-state index in [2.05, 4.69) is 21.2 Å². The van der Waals surface area contributed by atoms with Crippen molar-refractivity contribution in [3.63, 3.8) is 0 Å². The average Bonchev–Trinajstić information content (AvgIpc) is 2.96. The van der Waals surface area contributed by atoms with Crippen LogP contribution in [0.2, 0.25) is 4.34 Å². The number of rotatable bonds is 6. The van der Waals surface area contributed by atoms with Gasteiger partial charge < -0.3 is 5.32 Å². The molecule has 0 aliphatic heterocycles. The molecule has 4 nitrogen and oxygen atoms in total. The van der Waals surface area contributed by atoms with Crippen LogP contribution in [0.5, 0.6) is 0 Å². The van der Waals surface area contributed by atoms with Gasteiger partial charge in [-0.2, -0.15) is 4.31 Å². The maximum atomic E-state index is 12.6. The number of nitrogens with one attached hydrogen (secondary N) is 1. The van der Waals surface area contributed by atoms with Crippen molar-refractivity contribution < 1.29 is 8.42 Å². The molecule has 0 fully saturated rings. The van der Waals surface area contributed by atoms with Crippen molar-refractivity contribution in [1.82, 2.24) is 9.62 Å². The van der Waals surface area contributed by atoms with E-state index in [-0.39, 0.29) is 0 Å². The van der Waals surface area contributed by atoms with E-state index in [1.807, 2.05) is 13.1 Å². The molecule has 0 unspecified atom stereocenters. The first-order valence-electron chi connectivity index (χ1n) is 5.98. The standard InChI is InChI=1S/C12H14BrClN2O2S3/c1-15-6-9-5-10(12(13)20-9)21(17,18)16(2)7-8-3-4-11(14)19-8/h3-5,15H,6-7H2,1-2H3. The molecule has 0 bridgehead atoms. The van der Waals surface area contributed by atoms with Crippen LogP contribution in [0.3, 0.4) is 0 Å². The molecule has 0 aliphatic rings. The third-order valence-corrected chi connectivity index (χ3v) is 8.02. The second kappa shape index (κ2) is 7.08. The molecule has 116 valence electrons. The van der Waals surface area contributed by atoms with Gasteiger partial charge in [0.1, 0.15) is 4.90 Å². The van der Waals surface area contributed by atoms with E-state index < -0.39 is 10.0 Å². The molecule has 0 saturated heterocycles. The lowest BCUT2D eigenvalue weighted by atomic mass is 10.5. The first-order valence-corrected chi connectivity index (χ1v) is 10.2. The molecule has 0 spiro atoms. The zero-order chi connectivity index (χ0) is 15.6. The van der Waals surface area contributed by atoms with Crippen LogP contribution in [0.1, 0.15) is 9.75 Å². The Labute approximate surface area is 145 Å². The Morgan fingerprint density at radius 3 is 2.62 bits per heavy atom. The number of hydrogen-bond donors (Lipinski definition) is 1. The number of halogens is 2. The van der Waals surface area contributed by atoms with E-state index in [0.29, 0.717) is 26.1 Å². The van der Waals surface area contributed by atoms with Crippen molar-refractivity contribution in [3.05, 3.63) is 36.1 Å². The predicted octanol–water partition coefficient (Wildman–Crippen LogP) is 3.77. The smallest absolute Gasteiger partial charge is 0.245 e. The highest BCUT2D eigenvalue weighted by Crippen LogP contribution is 2.34. The summed E-state index contributed by atoms with van der Waals surface area (Å²) < 4.78 is 27.9. The molecule has 2 aromatic rings. The molecule has 0 aromatic carbocycles. The van der Waals surface area contributed by atoms with Gasteiger partial charge in [0.25, 0.3) is 0 Å². The Morgan fingerprint density at radius 2 is 2.05 bits per heavy atom. The van der Waals surface area contributed by atoms with Gasteiger partial charge in [0.15, 0.2) is 0 Å². The summed E-state index contributed by atoms with van der Waals surface area (Å²) in [6.45, 7) is 0.951. The molecule has 2 aromatic heterocycles. The molecule has 0 aliphatic carbocycles. The maximum Gasteiger partial charge on any atom is 0.245 e. The number of thiophene rings is 2. The van der Waals surface area contributed by atoms with Crippen LogP contribution >= 0.6 is 50.2 Å². The maximum absolute atomic E-state index is 12.6. The van der Waals surface area contributed by atoms with Crippen molar-refractivity contribution in [3.8, 4) is 0 Å². The van der Waals surface area contributed by atoms with E-state index >= 15 is 0 Å². The van der Waals surface area contributed by atoms with Crippen LogP contribution < -0.4 is 5.32 Å². The lowest BCUT2D eigenvalue weighted by molar-refractivity contribution is 0.469. The highest BCUT2D eigenvalue weighted by atomic mass is 79.9. The summed E-state index contributed by atoms with van der Waals surface area (Å²) in [6, 6.07) is 5.32. The zero-order valence-electron chi connectivity index (χ0n) is 11.4. The summed E-state index contributed by atoms with van der Waals surface area (Å²) in [5.74, 6) is 0. The predicted molar refractivity (Wildman–Crippen MR) is 92.8 cm³/mol. The fraction of sp³-hybridized carbons (Fsp3) is 0.333. The molecule has 0 saturated carbocycles. The third kappa shape index (κ3) is 4.07. The molecule has 2 heterocycles. The van der Waals surface area contributed by atoms with Gasteiger partial charge in [0.2, 0.25) is 10.0 Å². The molecule has 9 heteroatoms. The largest absolute Gasteiger partial charge is 0.315 e. The summed E-state index contributed by atoms with van der Waals surface area (Å²) in [6.07, 6.45) is 0. The van der Waals surface area contributed by atoms with Gasteiger partial charge in [-0.1, -0.05) is 11.6 Å². The fourth-order valence-corrected chi connectivity index (χ4v) is 6.76. The number of sulfonamides is 1. The second-order valence-electron chi connectivity index (χ2n) is 4.35. The van der Waals surface area contributed by atoms with Crippen molar-refractivity contribution >= 4 is 60.2 Å². The molecule has 2 rings (SSSR count). The fourth-order valence-electron chi connectivity index (χ4n) is 1.74. The molecule has 0 amide bonds. The quantitative estimate of drug-likeness (QED) is 0.760. The molecular formula is C12H14BrClN2O2S3. The van der Waals surface area contributed by atoms with Crippen molar-refractivity contribution in [1.29, 1.82) is 0 Å². The van der Waals surface area contributed by atoms with Crippen LogP contribution in [0.4, 0.5) is 0 Å². The van der Waals surface area contributed by atoms with Crippen LogP contribution in [-0.2, 0) is 23.1 Å². The van der Waals surface area contributed by atoms with E-state index in [9.17, 15) is 8.42 Å². The third-order valence-electron chi connectivity index (χ3n) is 2.75. The average molecular weight is 430 g/mol. The van der Waals surface area contributed by atoms with Gasteiger partial charge in [0.05, 0.1) is 8.12 Å². The summed E-state index contributed by atoms with van der Waals surface area (Å²) in [7, 11) is -0.121. The van der Waals surface area contributed by atoms with E-state index in [0.717, 1.165) is 9.75 Å². The van der Waals surface area contributed by atoms with Crippen LogP contribution in [0.15, 0.2) is 26.9 Å². The van der Waals surface area contributed by atoms with E-state index in [4.69, 9.17) is 11.6 Å². The monoisotopic (exact) mass is 428 g/mol. The first-order chi connectivity index (χ1) is 9.84. The summed E-state index contributed by atoms with van der Waals surface area (Å²) in [5.41, 5.74) is 0. The van der Waals surface area contributed by atoms with Gasteiger partial charge >= 0.3 is 0 Å². The SMILES string of the molecule is CNCc1cc(S(=O)(=O)N(C)Cc2ccc(Cl)s2)c(Br)s1. The minimum atomic E-state index is -3.52. The van der Waals surface area contributed by atoms with Gasteiger partial charge in [-0.05, 0) is 41.2 Å². The summed E-state index contributed by atoms with van der Waals surface area (Å²) >= 11 is 12.0. The van der Waals surface area contributed by atoms with Gasteiger partial charge in [-0.3, -0.25) is 0 Å². The minimum absolute atomic E-state index is 0.308. The second-order valence-corrected chi connectivity index (χ2v) is 10.6.